The first-order chi connectivity index (χ1) is 7.58. The van der Waals surface area contributed by atoms with Gasteiger partial charge in [0.25, 0.3) is 0 Å². The third-order valence-electron chi connectivity index (χ3n) is 1.88. The average Bonchev–Trinajstić information content (AvgIpc) is 2.11. The highest BCUT2D eigenvalue weighted by Crippen LogP contribution is 2.30. The fourth-order valence-corrected chi connectivity index (χ4v) is 1.68. The van der Waals surface area contributed by atoms with E-state index in [1.165, 1.54) is 0 Å². The lowest BCUT2D eigenvalue weighted by molar-refractivity contribution is -0.141. The second-order valence-corrected chi connectivity index (χ2v) is 6.21. The van der Waals surface area contributed by atoms with E-state index in [1.807, 2.05) is 43.4 Å². The number of hydrogen-bond acceptors (Lipinski definition) is 2. The Morgan fingerprint density at radius 1 is 1.24 bits per heavy atom. The summed E-state index contributed by atoms with van der Waals surface area (Å²) in [5.74, 6) is 0.263. The van der Waals surface area contributed by atoms with Crippen LogP contribution in [0.4, 0.5) is 19.0 Å². The van der Waals surface area contributed by atoms with Crippen molar-refractivity contribution in [3.8, 4) is 0 Å². The van der Waals surface area contributed by atoms with Crippen molar-refractivity contribution >= 4 is 28.4 Å². The minimum Gasteiger partial charge on any atom is -0.370 e. The maximum Gasteiger partial charge on any atom is 0.433 e. The topological polar surface area (TPSA) is 24.9 Å². The smallest absolute Gasteiger partial charge is 0.370 e. The molecule has 0 saturated heterocycles. The molecule has 0 fully saturated rings. The summed E-state index contributed by atoms with van der Waals surface area (Å²) in [6.45, 7) is 6.56. The van der Waals surface area contributed by atoms with Crippen LogP contribution in [-0.2, 0) is 6.18 Å². The Hall–Kier alpha value is -0.530. The van der Waals surface area contributed by atoms with E-state index < -0.39 is 11.9 Å². The van der Waals surface area contributed by atoms with E-state index in [2.05, 4.69) is 10.3 Å². The van der Waals surface area contributed by atoms with Gasteiger partial charge < -0.3 is 5.32 Å². The van der Waals surface area contributed by atoms with Gasteiger partial charge in [-0.25, -0.2) is 4.98 Å². The molecule has 2 nitrogen and oxygen atoms in total. The summed E-state index contributed by atoms with van der Waals surface area (Å²) >= 11 is 1.85. The van der Waals surface area contributed by atoms with E-state index >= 15 is 0 Å². The van der Waals surface area contributed by atoms with Gasteiger partial charge in [0, 0.05) is 10.1 Å². The molecule has 0 bridgehead atoms. The summed E-state index contributed by atoms with van der Waals surface area (Å²) < 4.78 is 38.1. The normalized spacial score (nSPS) is 12.6. The van der Waals surface area contributed by atoms with Gasteiger partial charge >= 0.3 is 6.18 Å². The van der Waals surface area contributed by atoms with Crippen LogP contribution in [0, 0.1) is 8.99 Å². The zero-order chi connectivity index (χ0) is 13.3. The number of aromatic nitrogens is 1. The van der Waals surface area contributed by atoms with Gasteiger partial charge in [-0.15, -0.1) is 0 Å². The number of rotatable bonds is 2. The molecule has 0 aliphatic carbocycles. The van der Waals surface area contributed by atoms with E-state index in [-0.39, 0.29) is 11.2 Å². The lowest BCUT2D eigenvalue weighted by Gasteiger charge is -2.19. The van der Waals surface area contributed by atoms with Gasteiger partial charge in [0.05, 0.1) is 0 Å². The van der Waals surface area contributed by atoms with E-state index in [1.54, 1.807) is 6.07 Å². The van der Waals surface area contributed by atoms with Crippen molar-refractivity contribution in [2.45, 2.75) is 26.9 Å². The SMILES string of the molecule is CC(C)(C)CNc1cc(I)cc(C(F)(F)F)n1. The number of anilines is 1. The molecule has 1 rings (SSSR count). The molecule has 1 heterocycles. The number of nitrogens with one attached hydrogen (secondary N) is 1. The van der Waals surface area contributed by atoms with Gasteiger partial charge in [-0.2, -0.15) is 13.2 Å². The minimum atomic E-state index is -4.40. The maximum absolute atomic E-state index is 12.5. The van der Waals surface area contributed by atoms with Gasteiger partial charge in [-0.1, -0.05) is 20.8 Å². The monoisotopic (exact) mass is 358 g/mol. The summed E-state index contributed by atoms with van der Waals surface area (Å²) in [5, 5.41) is 2.92. The molecule has 0 aliphatic heterocycles. The summed E-state index contributed by atoms with van der Waals surface area (Å²) in [4.78, 5) is 3.57. The van der Waals surface area contributed by atoms with Crippen molar-refractivity contribution in [3.63, 3.8) is 0 Å². The van der Waals surface area contributed by atoms with Crippen LogP contribution >= 0.6 is 22.6 Å². The van der Waals surface area contributed by atoms with E-state index in [0.717, 1.165) is 6.07 Å². The fourth-order valence-electron chi connectivity index (χ4n) is 1.09. The molecule has 0 spiro atoms. The van der Waals surface area contributed by atoms with Gasteiger partial charge in [0.2, 0.25) is 0 Å². The zero-order valence-corrected chi connectivity index (χ0v) is 12.0. The highest BCUT2D eigenvalue weighted by atomic mass is 127. The van der Waals surface area contributed by atoms with Crippen molar-refractivity contribution in [2.24, 2.45) is 5.41 Å². The molecule has 17 heavy (non-hydrogen) atoms. The summed E-state index contributed by atoms with van der Waals surface area (Å²) in [7, 11) is 0. The van der Waals surface area contributed by atoms with Crippen LogP contribution in [0.2, 0.25) is 0 Å². The van der Waals surface area contributed by atoms with Gasteiger partial charge in [0.1, 0.15) is 11.5 Å². The van der Waals surface area contributed by atoms with Crippen LogP contribution in [0.15, 0.2) is 12.1 Å². The Labute approximate surface area is 112 Å². The molecule has 6 heteroatoms. The lowest BCUT2D eigenvalue weighted by atomic mass is 9.97. The number of halogens is 4. The van der Waals surface area contributed by atoms with Crippen LogP contribution < -0.4 is 5.32 Å². The van der Waals surface area contributed by atoms with Crippen molar-refractivity contribution in [1.29, 1.82) is 0 Å². The average molecular weight is 358 g/mol. The first-order valence-electron chi connectivity index (χ1n) is 5.06. The highest BCUT2D eigenvalue weighted by molar-refractivity contribution is 14.1. The predicted octanol–water partition coefficient (Wildman–Crippen LogP) is 4.16. The van der Waals surface area contributed by atoms with E-state index in [0.29, 0.717) is 10.1 Å². The largest absolute Gasteiger partial charge is 0.433 e. The Balaban J connectivity index is 2.91. The number of hydrogen-bond donors (Lipinski definition) is 1. The minimum absolute atomic E-state index is 0.0125. The number of alkyl halides is 3. The molecule has 0 aromatic carbocycles. The molecule has 1 aromatic heterocycles. The van der Waals surface area contributed by atoms with Gasteiger partial charge in [-0.05, 0) is 40.1 Å². The second-order valence-electron chi connectivity index (χ2n) is 4.97. The lowest BCUT2D eigenvalue weighted by Crippen LogP contribution is -2.20. The second kappa shape index (κ2) is 4.99. The third kappa shape index (κ3) is 5.10. The third-order valence-corrected chi connectivity index (χ3v) is 2.50. The van der Waals surface area contributed by atoms with E-state index in [9.17, 15) is 13.2 Å². The molecule has 1 aromatic rings. The van der Waals surface area contributed by atoms with Crippen LogP contribution in [-0.4, -0.2) is 11.5 Å². The molecule has 0 amide bonds. The Morgan fingerprint density at radius 3 is 2.29 bits per heavy atom. The van der Waals surface area contributed by atoms with Gasteiger partial charge in [-0.3, -0.25) is 0 Å². The number of pyridine rings is 1. The van der Waals surface area contributed by atoms with Gasteiger partial charge in [0.15, 0.2) is 0 Å². The first kappa shape index (κ1) is 14.5. The van der Waals surface area contributed by atoms with Crippen LogP contribution in [0.5, 0.6) is 0 Å². The summed E-state index contributed by atoms with van der Waals surface area (Å²) in [5.41, 5.74) is -0.873. The molecule has 0 atom stereocenters. The predicted molar refractivity (Wildman–Crippen MR) is 69.9 cm³/mol. The Morgan fingerprint density at radius 2 is 1.82 bits per heavy atom. The Kier molecular flexibility index (Phi) is 4.27. The standard InChI is InChI=1S/C11H14F3IN2/c1-10(2,3)6-16-9-5-7(15)4-8(17-9)11(12,13)14/h4-5H,6H2,1-3H3,(H,16,17). The Bertz CT molecular complexity index is 397. The quantitative estimate of drug-likeness (QED) is 0.803. The summed E-state index contributed by atoms with van der Waals surface area (Å²) in [6, 6.07) is 2.63. The van der Waals surface area contributed by atoms with Crippen molar-refractivity contribution in [3.05, 3.63) is 21.4 Å². The molecule has 0 radical (unpaired) electrons. The molecule has 0 unspecified atom stereocenters. The highest BCUT2D eigenvalue weighted by Gasteiger charge is 2.33. The zero-order valence-electron chi connectivity index (χ0n) is 9.82. The fraction of sp³-hybridized carbons (Fsp3) is 0.545. The van der Waals surface area contributed by atoms with Crippen LogP contribution in [0.25, 0.3) is 0 Å². The van der Waals surface area contributed by atoms with Crippen LogP contribution in [0.1, 0.15) is 26.5 Å². The van der Waals surface area contributed by atoms with Crippen molar-refractivity contribution in [2.75, 3.05) is 11.9 Å². The maximum atomic E-state index is 12.5. The first-order valence-corrected chi connectivity index (χ1v) is 6.14. The molecule has 0 aliphatic rings. The van der Waals surface area contributed by atoms with Crippen LogP contribution in [0.3, 0.4) is 0 Å². The van der Waals surface area contributed by atoms with E-state index in [4.69, 9.17) is 0 Å². The summed E-state index contributed by atoms with van der Waals surface area (Å²) in [6.07, 6.45) is -4.40. The molecule has 0 saturated carbocycles. The van der Waals surface area contributed by atoms with Crippen molar-refractivity contribution < 1.29 is 13.2 Å². The molecule has 1 N–H and O–H groups in total. The molecule has 96 valence electrons. The molecular weight excluding hydrogens is 344 g/mol. The van der Waals surface area contributed by atoms with Crippen molar-refractivity contribution in [1.82, 2.24) is 4.98 Å². The molecular formula is C11H14F3IN2. The number of nitrogens with zero attached hydrogens (tertiary/aromatic N) is 1.